The Kier molecular flexibility index (Phi) is 4.84. The van der Waals surface area contributed by atoms with Crippen molar-refractivity contribution < 1.29 is 4.79 Å². The van der Waals surface area contributed by atoms with Gasteiger partial charge in [-0.25, -0.2) is 4.79 Å². The molecule has 0 atom stereocenters. The van der Waals surface area contributed by atoms with E-state index in [1.54, 1.807) is 4.68 Å². The highest BCUT2D eigenvalue weighted by Gasteiger charge is 2.12. The van der Waals surface area contributed by atoms with Crippen LogP contribution in [-0.4, -0.2) is 15.8 Å². The second-order valence-electron chi connectivity index (χ2n) is 6.23. The fourth-order valence-corrected chi connectivity index (χ4v) is 2.79. The van der Waals surface area contributed by atoms with E-state index < -0.39 is 0 Å². The Labute approximate surface area is 147 Å². The van der Waals surface area contributed by atoms with Gasteiger partial charge in [-0.3, -0.25) is 10.00 Å². The lowest BCUT2D eigenvalue weighted by molar-refractivity contribution is 0.262. The summed E-state index contributed by atoms with van der Waals surface area (Å²) in [4.78, 5) is 12.3. The van der Waals surface area contributed by atoms with Gasteiger partial charge in [0.1, 0.15) is 0 Å². The van der Waals surface area contributed by atoms with Crippen LogP contribution in [0.2, 0.25) is 0 Å². The maximum absolute atomic E-state index is 12.3. The van der Waals surface area contributed by atoms with E-state index in [9.17, 15) is 4.79 Å². The van der Waals surface area contributed by atoms with Crippen LogP contribution in [0.5, 0.6) is 0 Å². The number of nitrogens with zero attached hydrogens (tertiary/aromatic N) is 2. The van der Waals surface area contributed by atoms with E-state index in [0.29, 0.717) is 11.7 Å². The molecular weight excluding hydrogens is 312 g/mol. The number of aromatic nitrogens is 2. The Hall–Kier alpha value is -3.08. The second kappa shape index (κ2) is 7.21. The summed E-state index contributed by atoms with van der Waals surface area (Å²) >= 11 is 0. The van der Waals surface area contributed by atoms with Crippen LogP contribution in [0.1, 0.15) is 25.3 Å². The molecule has 0 unspecified atom stereocenters. The van der Waals surface area contributed by atoms with E-state index in [1.807, 2.05) is 67.7 Å². The molecule has 3 rings (SSSR count). The zero-order chi connectivity index (χ0) is 17.8. The quantitative estimate of drug-likeness (QED) is 0.716. The zero-order valence-electron chi connectivity index (χ0n) is 14.7. The van der Waals surface area contributed by atoms with E-state index in [-0.39, 0.29) is 6.03 Å². The van der Waals surface area contributed by atoms with Crippen LogP contribution >= 0.6 is 0 Å². The number of hydrogen-bond donors (Lipinski definition) is 2. The van der Waals surface area contributed by atoms with Crippen molar-refractivity contribution in [1.29, 1.82) is 0 Å². The number of rotatable bonds is 4. The number of carbonyl (C=O) groups excluding carboxylic acids is 1. The summed E-state index contributed by atoms with van der Waals surface area (Å²) in [6.45, 7) is 4.20. The molecule has 1 heterocycles. The molecule has 0 fully saturated rings. The molecule has 5 heteroatoms. The molecule has 2 amide bonds. The number of para-hydroxylation sites is 1. The van der Waals surface area contributed by atoms with Crippen LogP contribution in [-0.2, 0) is 7.05 Å². The average molecular weight is 334 g/mol. The molecule has 0 saturated heterocycles. The van der Waals surface area contributed by atoms with Crippen LogP contribution in [0.3, 0.4) is 0 Å². The Bertz CT molecular complexity index is 868. The first kappa shape index (κ1) is 16.8. The van der Waals surface area contributed by atoms with Crippen LogP contribution in [0.25, 0.3) is 11.3 Å². The molecule has 0 aliphatic carbocycles. The molecule has 5 nitrogen and oxygen atoms in total. The van der Waals surface area contributed by atoms with Crippen molar-refractivity contribution in [3.05, 3.63) is 66.2 Å². The number of hydrogen-bond acceptors (Lipinski definition) is 2. The minimum Gasteiger partial charge on any atom is -0.307 e. The van der Waals surface area contributed by atoms with Gasteiger partial charge in [0, 0.05) is 18.8 Å². The summed E-state index contributed by atoms with van der Waals surface area (Å²) in [5, 5.41) is 10.1. The van der Waals surface area contributed by atoms with Gasteiger partial charge in [-0.2, -0.15) is 5.10 Å². The summed E-state index contributed by atoms with van der Waals surface area (Å²) in [7, 11) is 1.86. The zero-order valence-corrected chi connectivity index (χ0v) is 14.7. The number of nitrogens with one attached hydrogen (secondary N) is 2. The molecule has 0 spiro atoms. The van der Waals surface area contributed by atoms with Crippen molar-refractivity contribution in [3.63, 3.8) is 0 Å². The highest BCUT2D eigenvalue weighted by atomic mass is 16.2. The molecule has 0 aliphatic heterocycles. The number of anilines is 2. The van der Waals surface area contributed by atoms with Crippen LogP contribution in [0.4, 0.5) is 16.3 Å². The molecule has 128 valence electrons. The predicted molar refractivity (Wildman–Crippen MR) is 102 cm³/mol. The third-order valence-corrected chi connectivity index (χ3v) is 4.02. The largest absolute Gasteiger partial charge is 0.324 e. The highest BCUT2D eigenvalue weighted by molar-refractivity contribution is 6.00. The first-order valence-electron chi connectivity index (χ1n) is 8.31. The van der Waals surface area contributed by atoms with Crippen molar-refractivity contribution in [1.82, 2.24) is 9.78 Å². The van der Waals surface area contributed by atoms with Gasteiger partial charge in [0.05, 0.1) is 5.69 Å². The molecule has 2 N–H and O–H groups in total. The fourth-order valence-electron chi connectivity index (χ4n) is 2.79. The monoisotopic (exact) mass is 334 g/mol. The Morgan fingerprint density at radius 2 is 1.68 bits per heavy atom. The maximum Gasteiger partial charge on any atom is 0.324 e. The first-order valence-corrected chi connectivity index (χ1v) is 8.31. The SMILES string of the molecule is CC(C)c1ccccc1NC(=O)Nc1cc(-c2ccccc2)n(C)n1. The molecular formula is C20H22N4O. The van der Waals surface area contributed by atoms with Gasteiger partial charge >= 0.3 is 6.03 Å². The number of aryl methyl sites for hydroxylation is 1. The minimum atomic E-state index is -0.300. The average Bonchev–Trinajstić information content (AvgIpc) is 2.96. The predicted octanol–water partition coefficient (Wildman–Crippen LogP) is 4.85. The third-order valence-electron chi connectivity index (χ3n) is 4.02. The minimum absolute atomic E-state index is 0.300. The van der Waals surface area contributed by atoms with E-state index in [2.05, 4.69) is 29.6 Å². The molecule has 0 aliphatic rings. The number of carbonyl (C=O) groups is 1. The molecule has 2 aromatic carbocycles. The summed E-state index contributed by atoms with van der Waals surface area (Å²) in [6.07, 6.45) is 0. The lowest BCUT2D eigenvalue weighted by atomic mass is 10.0. The second-order valence-corrected chi connectivity index (χ2v) is 6.23. The topological polar surface area (TPSA) is 59.0 Å². The summed E-state index contributed by atoms with van der Waals surface area (Å²) < 4.78 is 1.76. The van der Waals surface area contributed by atoms with Crippen LogP contribution in [0, 0.1) is 0 Å². The number of amides is 2. The van der Waals surface area contributed by atoms with Crippen LogP contribution < -0.4 is 10.6 Å². The lowest BCUT2D eigenvalue weighted by Gasteiger charge is -2.13. The number of urea groups is 1. The standard InChI is InChI=1S/C20H22N4O/c1-14(2)16-11-7-8-12-17(16)21-20(25)22-19-13-18(24(3)23-19)15-9-5-4-6-10-15/h4-14H,1-3H3,(H2,21,22,23,25). The van der Waals surface area contributed by atoms with E-state index in [4.69, 9.17) is 0 Å². The lowest BCUT2D eigenvalue weighted by Crippen LogP contribution is -2.20. The van der Waals surface area contributed by atoms with E-state index in [0.717, 1.165) is 22.5 Å². The van der Waals surface area contributed by atoms with Crippen molar-refractivity contribution in [2.24, 2.45) is 7.05 Å². The Morgan fingerprint density at radius 1 is 1.00 bits per heavy atom. The maximum atomic E-state index is 12.3. The van der Waals surface area contributed by atoms with Crippen molar-refractivity contribution in [2.45, 2.75) is 19.8 Å². The number of benzene rings is 2. The smallest absolute Gasteiger partial charge is 0.307 e. The summed E-state index contributed by atoms with van der Waals surface area (Å²) in [5.74, 6) is 0.844. The summed E-state index contributed by atoms with van der Waals surface area (Å²) in [6, 6.07) is 19.3. The van der Waals surface area contributed by atoms with Gasteiger partial charge in [0.15, 0.2) is 5.82 Å². The van der Waals surface area contributed by atoms with Crippen molar-refractivity contribution in [2.75, 3.05) is 10.6 Å². The van der Waals surface area contributed by atoms with E-state index in [1.165, 1.54) is 0 Å². The fraction of sp³-hybridized carbons (Fsp3) is 0.200. The normalized spacial score (nSPS) is 10.7. The summed E-state index contributed by atoms with van der Waals surface area (Å²) in [5.41, 5.74) is 3.91. The first-order chi connectivity index (χ1) is 12.0. The van der Waals surface area contributed by atoms with Crippen LogP contribution in [0.15, 0.2) is 60.7 Å². The van der Waals surface area contributed by atoms with Crippen molar-refractivity contribution >= 4 is 17.5 Å². The molecule has 0 bridgehead atoms. The van der Waals surface area contributed by atoms with Gasteiger partial charge in [-0.05, 0) is 23.1 Å². The van der Waals surface area contributed by atoms with Gasteiger partial charge in [-0.1, -0.05) is 62.4 Å². The molecule has 0 saturated carbocycles. The third kappa shape index (κ3) is 3.88. The Balaban J connectivity index is 1.74. The van der Waals surface area contributed by atoms with Gasteiger partial charge in [0.25, 0.3) is 0 Å². The van der Waals surface area contributed by atoms with Gasteiger partial charge in [0.2, 0.25) is 0 Å². The van der Waals surface area contributed by atoms with Crippen molar-refractivity contribution in [3.8, 4) is 11.3 Å². The van der Waals surface area contributed by atoms with Gasteiger partial charge in [-0.15, -0.1) is 0 Å². The molecule has 25 heavy (non-hydrogen) atoms. The van der Waals surface area contributed by atoms with E-state index >= 15 is 0 Å². The molecule has 1 aromatic heterocycles. The van der Waals surface area contributed by atoms with Gasteiger partial charge < -0.3 is 5.32 Å². The Morgan fingerprint density at radius 3 is 2.40 bits per heavy atom. The molecule has 3 aromatic rings. The highest BCUT2D eigenvalue weighted by Crippen LogP contribution is 2.24. The molecule has 0 radical (unpaired) electrons.